The molecule has 0 heterocycles. The summed E-state index contributed by atoms with van der Waals surface area (Å²) in [7, 11) is 0. The lowest BCUT2D eigenvalue weighted by atomic mass is 9.82. The largest absolute Gasteiger partial charge is 0.325 e. The fourth-order valence-corrected chi connectivity index (χ4v) is 3.24. The van der Waals surface area contributed by atoms with Crippen molar-refractivity contribution in [1.29, 1.82) is 0 Å². The lowest BCUT2D eigenvalue weighted by Crippen LogP contribution is -2.25. The summed E-state index contributed by atoms with van der Waals surface area (Å²) in [6.45, 7) is 1.95. The van der Waals surface area contributed by atoms with Gasteiger partial charge in [0.2, 0.25) is 5.91 Å². The number of rotatable bonds is 2. The average molecular weight is 300 g/mol. The number of amides is 1. The lowest BCUT2D eigenvalue weighted by molar-refractivity contribution is -0.117. The molecule has 2 aromatic rings. The first kappa shape index (κ1) is 14.2. The van der Waals surface area contributed by atoms with Crippen LogP contribution in [0.15, 0.2) is 42.5 Å². The molecule has 0 radical (unpaired) electrons. The Kier molecular flexibility index (Phi) is 3.98. The summed E-state index contributed by atoms with van der Waals surface area (Å²) in [5.74, 6) is 0.0256. The van der Waals surface area contributed by atoms with Gasteiger partial charge in [0.15, 0.2) is 0 Å². The van der Waals surface area contributed by atoms with Gasteiger partial charge in [-0.25, -0.2) is 0 Å². The number of aryl methyl sites for hydroxylation is 2. The number of nitrogens with one attached hydrogen (secondary N) is 1. The van der Waals surface area contributed by atoms with Crippen LogP contribution in [0.5, 0.6) is 0 Å². The van der Waals surface area contributed by atoms with Crippen LogP contribution in [0.4, 0.5) is 5.69 Å². The van der Waals surface area contributed by atoms with Crippen LogP contribution < -0.4 is 5.32 Å². The van der Waals surface area contributed by atoms with E-state index in [2.05, 4.69) is 17.4 Å². The summed E-state index contributed by atoms with van der Waals surface area (Å²) in [6, 6.07) is 13.8. The van der Waals surface area contributed by atoms with Gasteiger partial charge in [-0.2, -0.15) is 0 Å². The van der Waals surface area contributed by atoms with Gasteiger partial charge in [0, 0.05) is 10.7 Å². The van der Waals surface area contributed by atoms with E-state index in [0.29, 0.717) is 5.02 Å². The third-order valence-electron chi connectivity index (χ3n) is 4.13. The van der Waals surface area contributed by atoms with Crippen LogP contribution in [0.3, 0.4) is 0 Å². The van der Waals surface area contributed by atoms with E-state index in [1.807, 2.05) is 31.2 Å². The van der Waals surface area contributed by atoms with Gasteiger partial charge in [-0.1, -0.05) is 35.9 Å². The van der Waals surface area contributed by atoms with Crippen LogP contribution in [-0.4, -0.2) is 5.91 Å². The Hall–Kier alpha value is -1.80. The minimum Gasteiger partial charge on any atom is -0.325 e. The van der Waals surface area contributed by atoms with Crippen molar-refractivity contribution in [3.05, 3.63) is 64.2 Å². The highest BCUT2D eigenvalue weighted by atomic mass is 35.5. The minimum atomic E-state index is -0.0509. The quantitative estimate of drug-likeness (QED) is 0.855. The molecule has 2 nitrogen and oxygen atoms in total. The smallest absolute Gasteiger partial charge is 0.231 e. The van der Waals surface area contributed by atoms with Crippen molar-refractivity contribution in [2.45, 2.75) is 32.1 Å². The molecule has 1 amide bonds. The topological polar surface area (TPSA) is 29.1 Å². The van der Waals surface area contributed by atoms with Gasteiger partial charge in [-0.3, -0.25) is 4.79 Å². The fourth-order valence-electron chi connectivity index (χ4n) is 3.01. The van der Waals surface area contributed by atoms with Gasteiger partial charge in [-0.05, 0) is 61.1 Å². The Morgan fingerprint density at radius 1 is 1.24 bits per heavy atom. The monoisotopic (exact) mass is 299 g/mol. The SMILES string of the molecule is Cc1cc(Cl)ccc1NC(=O)[C@H]1CCCc2ccccc21. The van der Waals surface area contributed by atoms with Crippen molar-refractivity contribution in [2.24, 2.45) is 0 Å². The molecule has 0 saturated carbocycles. The normalized spacial score (nSPS) is 17.1. The van der Waals surface area contributed by atoms with Crippen molar-refractivity contribution in [2.75, 3.05) is 5.32 Å². The summed E-state index contributed by atoms with van der Waals surface area (Å²) in [4.78, 5) is 12.6. The molecular weight excluding hydrogens is 282 g/mol. The number of fused-ring (bicyclic) bond motifs is 1. The molecule has 0 bridgehead atoms. The van der Waals surface area contributed by atoms with E-state index in [1.54, 1.807) is 6.07 Å². The molecule has 0 saturated heterocycles. The maximum atomic E-state index is 12.6. The Balaban J connectivity index is 1.83. The van der Waals surface area contributed by atoms with Crippen molar-refractivity contribution < 1.29 is 4.79 Å². The fraction of sp³-hybridized carbons (Fsp3) is 0.278. The van der Waals surface area contributed by atoms with Crippen LogP contribution in [0.2, 0.25) is 5.02 Å². The van der Waals surface area contributed by atoms with Gasteiger partial charge < -0.3 is 5.32 Å². The first-order chi connectivity index (χ1) is 10.1. The second-order valence-electron chi connectivity index (χ2n) is 5.59. The molecule has 1 N–H and O–H groups in total. The molecule has 0 aromatic heterocycles. The molecule has 0 spiro atoms. The summed E-state index contributed by atoms with van der Waals surface area (Å²) < 4.78 is 0. The van der Waals surface area contributed by atoms with Crippen molar-refractivity contribution in [3.63, 3.8) is 0 Å². The number of hydrogen-bond acceptors (Lipinski definition) is 1. The number of carbonyl (C=O) groups excluding carboxylic acids is 1. The zero-order valence-electron chi connectivity index (χ0n) is 12.0. The highest BCUT2D eigenvalue weighted by Crippen LogP contribution is 2.32. The van der Waals surface area contributed by atoms with E-state index in [0.717, 1.165) is 30.5 Å². The van der Waals surface area contributed by atoms with E-state index < -0.39 is 0 Å². The molecule has 108 valence electrons. The van der Waals surface area contributed by atoms with Gasteiger partial charge in [0.05, 0.1) is 5.92 Å². The second-order valence-corrected chi connectivity index (χ2v) is 6.03. The summed E-state index contributed by atoms with van der Waals surface area (Å²) >= 11 is 5.96. The highest BCUT2D eigenvalue weighted by Gasteiger charge is 2.26. The summed E-state index contributed by atoms with van der Waals surface area (Å²) in [5.41, 5.74) is 4.30. The zero-order chi connectivity index (χ0) is 14.8. The van der Waals surface area contributed by atoms with Crippen molar-refractivity contribution >= 4 is 23.2 Å². The lowest BCUT2D eigenvalue weighted by Gasteiger charge is -2.25. The first-order valence-electron chi connectivity index (χ1n) is 7.30. The number of anilines is 1. The maximum Gasteiger partial charge on any atom is 0.231 e. The zero-order valence-corrected chi connectivity index (χ0v) is 12.8. The molecule has 3 heteroatoms. The predicted molar refractivity (Wildman–Crippen MR) is 86.9 cm³/mol. The Morgan fingerprint density at radius 2 is 2.05 bits per heavy atom. The standard InChI is InChI=1S/C18H18ClNO/c1-12-11-14(19)9-10-17(12)20-18(21)16-8-4-6-13-5-2-3-7-15(13)16/h2-3,5,7,9-11,16H,4,6,8H2,1H3,(H,20,21)/t16-/m0/s1. The number of benzene rings is 2. The van der Waals surface area contributed by atoms with Crippen LogP contribution in [-0.2, 0) is 11.2 Å². The van der Waals surface area contributed by atoms with Gasteiger partial charge in [0.25, 0.3) is 0 Å². The van der Waals surface area contributed by atoms with E-state index in [9.17, 15) is 4.79 Å². The van der Waals surface area contributed by atoms with Crippen LogP contribution in [0.25, 0.3) is 0 Å². The second kappa shape index (κ2) is 5.90. The minimum absolute atomic E-state index is 0.0509. The molecule has 0 fully saturated rings. The molecule has 0 unspecified atom stereocenters. The number of hydrogen-bond donors (Lipinski definition) is 1. The van der Waals surface area contributed by atoms with E-state index in [4.69, 9.17) is 11.6 Å². The summed E-state index contributed by atoms with van der Waals surface area (Å²) in [6.07, 6.45) is 3.05. The van der Waals surface area contributed by atoms with Crippen molar-refractivity contribution in [3.8, 4) is 0 Å². The van der Waals surface area contributed by atoms with Crippen LogP contribution >= 0.6 is 11.6 Å². The van der Waals surface area contributed by atoms with Gasteiger partial charge in [0.1, 0.15) is 0 Å². The molecule has 21 heavy (non-hydrogen) atoms. The summed E-state index contributed by atoms with van der Waals surface area (Å²) in [5, 5.41) is 3.74. The van der Waals surface area contributed by atoms with Crippen LogP contribution in [0, 0.1) is 6.92 Å². The molecular formula is C18H18ClNO. The molecule has 1 aliphatic carbocycles. The third-order valence-corrected chi connectivity index (χ3v) is 4.37. The van der Waals surface area contributed by atoms with E-state index in [1.165, 1.54) is 11.1 Å². The molecule has 0 aliphatic heterocycles. The Labute approximate surface area is 130 Å². The molecule has 1 aliphatic rings. The average Bonchev–Trinajstić information content (AvgIpc) is 2.49. The highest BCUT2D eigenvalue weighted by molar-refractivity contribution is 6.30. The Bertz CT molecular complexity index is 681. The van der Waals surface area contributed by atoms with E-state index >= 15 is 0 Å². The predicted octanol–water partition coefficient (Wildman–Crippen LogP) is 4.71. The number of halogens is 1. The molecule has 2 aromatic carbocycles. The van der Waals surface area contributed by atoms with Crippen LogP contribution in [0.1, 0.15) is 35.4 Å². The van der Waals surface area contributed by atoms with E-state index in [-0.39, 0.29) is 11.8 Å². The maximum absolute atomic E-state index is 12.6. The first-order valence-corrected chi connectivity index (χ1v) is 7.68. The molecule has 3 rings (SSSR count). The van der Waals surface area contributed by atoms with Crippen molar-refractivity contribution in [1.82, 2.24) is 0 Å². The molecule has 1 atom stereocenters. The van der Waals surface area contributed by atoms with Gasteiger partial charge in [-0.15, -0.1) is 0 Å². The Morgan fingerprint density at radius 3 is 2.86 bits per heavy atom. The number of carbonyl (C=O) groups is 1. The third kappa shape index (κ3) is 2.96. The van der Waals surface area contributed by atoms with Gasteiger partial charge >= 0.3 is 0 Å².